The van der Waals surface area contributed by atoms with Crippen LogP contribution in [0.4, 0.5) is 15.8 Å². The summed E-state index contributed by atoms with van der Waals surface area (Å²) < 4.78 is 13.5. The summed E-state index contributed by atoms with van der Waals surface area (Å²) in [5.41, 5.74) is 0.539. The Kier molecular flexibility index (Phi) is 5.30. The largest absolute Gasteiger partial charge is 0.326 e. The van der Waals surface area contributed by atoms with Crippen molar-refractivity contribution in [1.82, 2.24) is 0 Å². The van der Waals surface area contributed by atoms with Crippen molar-refractivity contribution < 1.29 is 14.0 Å². The molecule has 0 spiro atoms. The van der Waals surface area contributed by atoms with Crippen molar-refractivity contribution in [2.45, 2.75) is 33.1 Å². The van der Waals surface area contributed by atoms with Crippen molar-refractivity contribution in [1.29, 1.82) is 0 Å². The van der Waals surface area contributed by atoms with Gasteiger partial charge in [0.2, 0.25) is 11.8 Å². The van der Waals surface area contributed by atoms with Gasteiger partial charge in [0.1, 0.15) is 5.82 Å². The van der Waals surface area contributed by atoms with Crippen LogP contribution in [0, 0.1) is 5.82 Å². The van der Waals surface area contributed by atoms with E-state index in [4.69, 9.17) is 0 Å². The number of unbranched alkanes of at least 4 members (excludes halogenated alkanes) is 1. The minimum atomic E-state index is -0.519. The van der Waals surface area contributed by atoms with Gasteiger partial charge in [-0.2, -0.15) is 0 Å². The third-order valence-electron chi connectivity index (χ3n) is 2.32. The lowest BCUT2D eigenvalue weighted by atomic mass is 10.2. The number of hydrogen-bond donors (Lipinski definition) is 2. The average Bonchev–Trinajstić information content (AvgIpc) is 2.30. The molecule has 18 heavy (non-hydrogen) atoms. The third kappa shape index (κ3) is 4.53. The van der Waals surface area contributed by atoms with Crippen LogP contribution in [0.1, 0.15) is 33.1 Å². The molecule has 0 bridgehead atoms. The summed E-state index contributed by atoms with van der Waals surface area (Å²) in [7, 11) is 0. The van der Waals surface area contributed by atoms with Gasteiger partial charge in [-0.05, 0) is 24.6 Å². The lowest BCUT2D eigenvalue weighted by Crippen LogP contribution is -2.13. The molecule has 0 unspecified atom stereocenters. The first kappa shape index (κ1) is 14.2. The maximum atomic E-state index is 13.5. The molecule has 0 saturated heterocycles. The van der Waals surface area contributed by atoms with Gasteiger partial charge in [0.05, 0.1) is 5.69 Å². The molecule has 1 aromatic rings. The number of carbonyl (C=O) groups excluding carboxylic acids is 2. The Bertz CT molecular complexity index is 447. The molecule has 1 rings (SSSR count). The van der Waals surface area contributed by atoms with Crippen LogP contribution in [0.3, 0.4) is 0 Å². The predicted octanol–water partition coefficient (Wildman–Crippen LogP) is 2.91. The number of anilines is 2. The molecule has 0 aliphatic carbocycles. The highest BCUT2D eigenvalue weighted by Crippen LogP contribution is 2.20. The summed E-state index contributed by atoms with van der Waals surface area (Å²) in [6.07, 6.45) is 2.03. The predicted molar refractivity (Wildman–Crippen MR) is 68.9 cm³/mol. The smallest absolute Gasteiger partial charge is 0.224 e. The van der Waals surface area contributed by atoms with Crippen LogP contribution in [0.2, 0.25) is 0 Å². The van der Waals surface area contributed by atoms with E-state index in [0.717, 1.165) is 12.8 Å². The van der Waals surface area contributed by atoms with Crippen molar-refractivity contribution in [3.8, 4) is 0 Å². The maximum absolute atomic E-state index is 13.5. The summed E-state index contributed by atoms with van der Waals surface area (Å²) in [6.45, 7) is 3.34. The molecule has 0 heterocycles. The number of hydrogen-bond acceptors (Lipinski definition) is 2. The quantitative estimate of drug-likeness (QED) is 0.846. The molecule has 0 saturated carbocycles. The van der Waals surface area contributed by atoms with Gasteiger partial charge in [0.15, 0.2) is 0 Å². The van der Waals surface area contributed by atoms with Crippen molar-refractivity contribution >= 4 is 23.2 Å². The highest BCUT2D eigenvalue weighted by atomic mass is 19.1. The average molecular weight is 252 g/mol. The fourth-order valence-electron chi connectivity index (χ4n) is 1.45. The summed E-state index contributed by atoms with van der Waals surface area (Å²) in [6, 6.07) is 4.06. The van der Waals surface area contributed by atoms with E-state index in [1.165, 1.54) is 25.1 Å². The highest BCUT2D eigenvalue weighted by molar-refractivity contribution is 5.93. The Hall–Kier alpha value is -1.91. The monoisotopic (exact) mass is 252 g/mol. The van der Waals surface area contributed by atoms with E-state index < -0.39 is 5.82 Å². The van der Waals surface area contributed by atoms with Gasteiger partial charge in [-0.3, -0.25) is 9.59 Å². The summed E-state index contributed by atoms with van der Waals surface area (Å²) in [5, 5.41) is 5.03. The third-order valence-corrected chi connectivity index (χ3v) is 2.32. The van der Waals surface area contributed by atoms with Crippen LogP contribution in [-0.2, 0) is 9.59 Å². The first-order valence-corrected chi connectivity index (χ1v) is 5.90. The van der Waals surface area contributed by atoms with Crippen LogP contribution in [0.15, 0.2) is 18.2 Å². The minimum absolute atomic E-state index is 0.0855. The Balaban J connectivity index is 2.74. The lowest BCUT2D eigenvalue weighted by Gasteiger charge is -2.08. The van der Waals surface area contributed by atoms with E-state index >= 15 is 0 Å². The Morgan fingerprint density at radius 1 is 1.28 bits per heavy atom. The van der Waals surface area contributed by atoms with Gasteiger partial charge in [-0.15, -0.1) is 0 Å². The second-order valence-electron chi connectivity index (χ2n) is 4.03. The molecule has 0 aliphatic heterocycles. The van der Waals surface area contributed by atoms with Crippen molar-refractivity contribution in [3.05, 3.63) is 24.0 Å². The molecular weight excluding hydrogens is 235 g/mol. The zero-order chi connectivity index (χ0) is 13.5. The Labute approximate surface area is 106 Å². The number of amides is 2. The number of halogens is 1. The van der Waals surface area contributed by atoms with E-state index in [-0.39, 0.29) is 17.5 Å². The number of rotatable bonds is 5. The van der Waals surface area contributed by atoms with Gasteiger partial charge in [0, 0.05) is 19.0 Å². The van der Waals surface area contributed by atoms with Gasteiger partial charge < -0.3 is 10.6 Å². The standard InChI is InChI=1S/C13H17FN2O2/c1-3-4-5-13(18)16-12-8-10(15-9(2)17)6-7-11(12)14/h6-8H,3-5H2,1-2H3,(H,15,17)(H,16,18). The molecule has 0 aliphatic rings. The van der Waals surface area contributed by atoms with E-state index in [1.54, 1.807) is 0 Å². The number of carbonyl (C=O) groups is 2. The summed E-state index contributed by atoms with van der Waals surface area (Å²) >= 11 is 0. The minimum Gasteiger partial charge on any atom is -0.326 e. The van der Waals surface area contributed by atoms with Crippen LogP contribution in [-0.4, -0.2) is 11.8 Å². The lowest BCUT2D eigenvalue weighted by molar-refractivity contribution is -0.116. The molecule has 4 nitrogen and oxygen atoms in total. The van der Waals surface area contributed by atoms with E-state index in [2.05, 4.69) is 10.6 Å². The van der Waals surface area contributed by atoms with Crippen LogP contribution < -0.4 is 10.6 Å². The van der Waals surface area contributed by atoms with Crippen LogP contribution in [0.25, 0.3) is 0 Å². The van der Waals surface area contributed by atoms with Crippen molar-refractivity contribution in [3.63, 3.8) is 0 Å². The first-order valence-electron chi connectivity index (χ1n) is 5.90. The van der Waals surface area contributed by atoms with Crippen LogP contribution >= 0.6 is 0 Å². The number of benzene rings is 1. The van der Waals surface area contributed by atoms with Gasteiger partial charge in [0.25, 0.3) is 0 Å². The molecule has 1 aromatic carbocycles. The Morgan fingerprint density at radius 3 is 2.61 bits per heavy atom. The SMILES string of the molecule is CCCCC(=O)Nc1cc(NC(C)=O)ccc1F. The number of nitrogens with one attached hydrogen (secondary N) is 2. The van der Waals surface area contributed by atoms with E-state index in [0.29, 0.717) is 12.1 Å². The molecule has 5 heteroatoms. The summed E-state index contributed by atoms with van der Waals surface area (Å²) in [4.78, 5) is 22.4. The summed E-state index contributed by atoms with van der Waals surface area (Å²) in [5.74, 6) is -0.991. The molecule has 0 fully saturated rings. The molecule has 0 atom stereocenters. The van der Waals surface area contributed by atoms with E-state index in [9.17, 15) is 14.0 Å². The normalized spacial score (nSPS) is 9.94. The Morgan fingerprint density at radius 2 is 2.00 bits per heavy atom. The molecular formula is C13H17FN2O2. The fraction of sp³-hybridized carbons (Fsp3) is 0.385. The van der Waals surface area contributed by atoms with Crippen molar-refractivity contribution in [2.24, 2.45) is 0 Å². The van der Waals surface area contributed by atoms with Crippen LogP contribution in [0.5, 0.6) is 0 Å². The van der Waals surface area contributed by atoms with E-state index in [1.807, 2.05) is 6.92 Å². The first-order chi connectivity index (χ1) is 8.52. The fourth-order valence-corrected chi connectivity index (χ4v) is 1.45. The highest BCUT2D eigenvalue weighted by Gasteiger charge is 2.08. The van der Waals surface area contributed by atoms with Gasteiger partial charge in [-0.1, -0.05) is 13.3 Å². The topological polar surface area (TPSA) is 58.2 Å². The molecule has 98 valence electrons. The van der Waals surface area contributed by atoms with Crippen molar-refractivity contribution in [2.75, 3.05) is 10.6 Å². The molecule has 2 amide bonds. The van der Waals surface area contributed by atoms with Gasteiger partial charge in [-0.25, -0.2) is 4.39 Å². The second-order valence-corrected chi connectivity index (χ2v) is 4.03. The second kappa shape index (κ2) is 6.74. The molecule has 0 aromatic heterocycles. The maximum Gasteiger partial charge on any atom is 0.224 e. The molecule has 2 N–H and O–H groups in total. The zero-order valence-corrected chi connectivity index (χ0v) is 10.5. The zero-order valence-electron chi connectivity index (χ0n) is 10.5. The molecule has 0 radical (unpaired) electrons. The van der Waals surface area contributed by atoms with Gasteiger partial charge >= 0.3 is 0 Å².